The lowest BCUT2D eigenvalue weighted by atomic mass is 9.94. The summed E-state index contributed by atoms with van der Waals surface area (Å²) >= 11 is 0. The van der Waals surface area contributed by atoms with E-state index in [0.29, 0.717) is 13.0 Å². The highest BCUT2D eigenvalue weighted by molar-refractivity contribution is 5.73. The van der Waals surface area contributed by atoms with E-state index in [-0.39, 0.29) is 0 Å². The summed E-state index contributed by atoms with van der Waals surface area (Å²) < 4.78 is 10.9. The Kier molecular flexibility index (Phi) is 15.2. The second kappa shape index (κ2) is 18.0. The number of nitrogens with one attached hydrogen (secondary N) is 1. The molecule has 1 atom stereocenters. The van der Waals surface area contributed by atoms with E-state index in [4.69, 9.17) is 4.74 Å². The van der Waals surface area contributed by atoms with Gasteiger partial charge in [-0.25, -0.2) is 0 Å². The molecule has 0 spiro atoms. The Bertz CT molecular complexity index is 851. The number of unbranched alkanes of at least 4 members (excludes halogenated alkanes) is 2. The van der Waals surface area contributed by atoms with Crippen LogP contribution in [0.5, 0.6) is 5.75 Å². The van der Waals surface area contributed by atoms with Crippen molar-refractivity contribution >= 4 is 5.97 Å². The molecule has 0 radical (unpaired) electrons. The van der Waals surface area contributed by atoms with Crippen LogP contribution in [0.3, 0.4) is 0 Å². The molecule has 0 amide bonds. The molecule has 0 bridgehead atoms. The van der Waals surface area contributed by atoms with E-state index in [1.807, 2.05) is 37.3 Å². The number of carbonyl (C=O) groups is 1. The van der Waals surface area contributed by atoms with Crippen LogP contribution >= 0.6 is 0 Å². The summed E-state index contributed by atoms with van der Waals surface area (Å²) in [7, 11) is 0. The Hall–Kier alpha value is -3.41. The molecule has 2 rings (SSSR count). The lowest BCUT2D eigenvalue weighted by molar-refractivity contribution is -0.140. The number of hydrogen-bond acceptors (Lipinski definition) is 5. The molecule has 0 aromatic heterocycles. The number of carboxylic acids is 1. The van der Waals surface area contributed by atoms with Crippen LogP contribution in [0.1, 0.15) is 52.9 Å². The van der Waals surface area contributed by atoms with Crippen molar-refractivity contribution in [2.75, 3.05) is 19.6 Å². The lowest BCUT2D eigenvalue weighted by Crippen LogP contribution is -2.34. The van der Waals surface area contributed by atoms with Gasteiger partial charge in [0.25, 0.3) is 0 Å². The van der Waals surface area contributed by atoms with E-state index in [9.17, 15) is 9.90 Å². The minimum Gasteiger partial charge on any atom is -0.481 e. The second-order valence-electron chi connectivity index (χ2n) is 8.01. The first kappa shape index (κ1) is 29.6. The van der Waals surface area contributed by atoms with Gasteiger partial charge in [-0.2, -0.15) is 0 Å². The van der Waals surface area contributed by atoms with Gasteiger partial charge in [0.15, 0.2) is 5.76 Å². The molecule has 1 aliphatic rings. The van der Waals surface area contributed by atoms with E-state index >= 15 is 0 Å². The second-order valence-corrected chi connectivity index (χ2v) is 8.01. The van der Waals surface area contributed by atoms with Crippen molar-refractivity contribution in [2.45, 2.75) is 52.9 Å². The largest absolute Gasteiger partial charge is 0.481 e. The molecule has 1 aromatic carbocycles. The van der Waals surface area contributed by atoms with Crippen molar-refractivity contribution in [1.82, 2.24) is 10.2 Å². The molecule has 6 heteroatoms. The Balaban J connectivity index is 0.000000762. The number of nitrogens with zero attached hydrogens (tertiary/aromatic N) is 1. The normalized spacial score (nSPS) is 14.9. The summed E-state index contributed by atoms with van der Waals surface area (Å²) in [5.74, 6) is 0.187. The average molecular weight is 483 g/mol. The molecule has 35 heavy (non-hydrogen) atoms. The van der Waals surface area contributed by atoms with Crippen molar-refractivity contribution in [1.29, 1.82) is 0 Å². The molecular formula is C29H42N2O4. The molecule has 0 saturated carbocycles. The van der Waals surface area contributed by atoms with Gasteiger partial charge in [0.2, 0.25) is 0 Å². The van der Waals surface area contributed by atoms with Crippen LogP contribution in [-0.2, 0) is 9.53 Å². The van der Waals surface area contributed by atoms with Crippen LogP contribution < -0.4 is 10.1 Å². The van der Waals surface area contributed by atoms with Crippen LogP contribution in [0.15, 0.2) is 91.4 Å². The minimum absolute atomic E-state index is 0.458. The number of carboxylic acid groups (broad SMARTS) is 1. The predicted molar refractivity (Wildman–Crippen MR) is 144 cm³/mol. The number of para-hydroxylation sites is 1. The summed E-state index contributed by atoms with van der Waals surface area (Å²) in [4.78, 5) is 14.1. The van der Waals surface area contributed by atoms with Crippen LogP contribution in [-0.4, -0.2) is 35.6 Å². The maximum Gasteiger partial charge on any atom is 0.310 e. The van der Waals surface area contributed by atoms with E-state index in [0.717, 1.165) is 61.7 Å². The smallest absolute Gasteiger partial charge is 0.310 e. The Morgan fingerprint density at radius 1 is 1.14 bits per heavy atom. The monoisotopic (exact) mass is 482 g/mol. The molecule has 0 aliphatic heterocycles. The highest BCUT2D eigenvalue weighted by atomic mass is 16.5. The molecule has 0 saturated heterocycles. The quantitative estimate of drug-likeness (QED) is 0.216. The molecule has 1 aliphatic carbocycles. The third-order valence-electron chi connectivity index (χ3n) is 5.27. The molecule has 1 aromatic rings. The number of aliphatic carboxylic acids is 1. The van der Waals surface area contributed by atoms with Crippen molar-refractivity contribution < 1.29 is 19.4 Å². The van der Waals surface area contributed by atoms with E-state index < -0.39 is 11.9 Å². The Morgan fingerprint density at radius 2 is 1.80 bits per heavy atom. The molecule has 2 N–H and O–H groups in total. The van der Waals surface area contributed by atoms with Crippen molar-refractivity contribution in [3.05, 3.63) is 91.4 Å². The summed E-state index contributed by atoms with van der Waals surface area (Å²) in [5, 5.41) is 13.0. The van der Waals surface area contributed by atoms with Crippen molar-refractivity contribution in [3.63, 3.8) is 0 Å². The van der Waals surface area contributed by atoms with Crippen LogP contribution in [0.4, 0.5) is 0 Å². The Labute approximate surface area is 211 Å². The SMILES string of the molecule is C=C/C=C\OC=C.CCCCN(CCCC)C1=C(Oc2ccccc2)C(NCC)=CC(C(=O)O)C1. The first-order valence-electron chi connectivity index (χ1n) is 12.5. The number of rotatable bonds is 15. The number of benzene rings is 1. The molecule has 0 fully saturated rings. The fraction of sp³-hybridized carbons (Fsp3) is 0.414. The maximum atomic E-state index is 11.8. The summed E-state index contributed by atoms with van der Waals surface area (Å²) in [5.41, 5.74) is 1.77. The third-order valence-corrected chi connectivity index (χ3v) is 5.27. The van der Waals surface area contributed by atoms with Gasteiger partial charge in [0, 0.05) is 26.1 Å². The Morgan fingerprint density at radius 3 is 2.31 bits per heavy atom. The van der Waals surface area contributed by atoms with Gasteiger partial charge in [-0.15, -0.1) is 0 Å². The molecular weight excluding hydrogens is 440 g/mol. The van der Waals surface area contributed by atoms with Gasteiger partial charge < -0.3 is 24.8 Å². The van der Waals surface area contributed by atoms with Gasteiger partial charge >= 0.3 is 5.97 Å². The van der Waals surface area contributed by atoms with Crippen LogP contribution in [0.2, 0.25) is 0 Å². The topological polar surface area (TPSA) is 71.0 Å². The average Bonchev–Trinajstić information content (AvgIpc) is 2.86. The van der Waals surface area contributed by atoms with E-state index in [2.05, 4.69) is 42.0 Å². The van der Waals surface area contributed by atoms with Gasteiger partial charge in [-0.3, -0.25) is 4.79 Å². The van der Waals surface area contributed by atoms with Gasteiger partial charge in [-0.05, 0) is 44.1 Å². The summed E-state index contributed by atoms with van der Waals surface area (Å²) in [6.07, 6.45) is 12.8. The maximum absolute atomic E-state index is 11.8. The summed E-state index contributed by atoms with van der Waals surface area (Å²) in [6, 6.07) is 9.71. The zero-order valence-corrected chi connectivity index (χ0v) is 21.5. The fourth-order valence-corrected chi connectivity index (χ4v) is 3.51. The highest BCUT2D eigenvalue weighted by Gasteiger charge is 2.30. The highest BCUT2D eigenvalue weighted by Crippen LogP contribution is 2.33. The van der Waals surface area contributed by atoms with Gasteiger partial charge in [0.1, 0.15) is 5.75 Å². The first-order valence-corrected chi connectivity index (χ1v) is 12.5. The number of hydrogen-bond donors (Lipinski definition) is 2. The molecule has 192 valence electrons. The van der Waals surface area contributed by atoms with Crippen molar-refractivity contribution in [2.24, 2.45) is 5.92 Å². The van der Waals surface area contributed by atoms with Crippen LogP contribution in [0.25, 0.3) is 0 Å². The van der Waals surface area contributed by atoms with Gasteiger partial charge in [0.05, 0.1) is 29.8 Å². The fourth-order valence-electron chi connectivity index (χ4n) is 3.51. The third kappa shape index (κ3) is 11.0. The van der Waals surface area contributed by atoms with E-state index in [1.165, 1.54) is 12.5 Å². The molecule has 6 nitrogen and oxygen atoms in total. The molecule has 1 unspecified atom stereocenters. The lowest BCUT2D eigenvalue weighted by Gasteiger charge is -2.34. The number of ether oxygens (including phenoxy) is 2. The standard InChI is InChI=1S/C23H34N2O3.C6H8O/c1-4-7-14-25(15-8-5-2)21-17-18(23(26)27)16-20(24-6-3)22(21)28-19-12-10-9-11-13-19;1-3-5-6-7-4-2/h9-13,16,18,24H,4-8,14-15,17H2,1-3H3,(H,26,27);3-6H,1-2H2/b;6-5-. The zero-order chi connectivity index (χ0) is 25.9. The first-order chi connectivity index (χ1) is 17.0. The van der Waals surface area contributed by atoms with Crippen molar-refractivity contribution in [3.8, 4) is 5.75 Å². The van der Waals surface area contributed by atoms with Gasteiger partial charge in [-0.1, -0.05) is 64.1 Å². The summed E-state index contributed by atoms with van der Waals surface area (Å²) in [6.45, 7) is 15.7. The molecule has 0 heterocycles. The van der Waals surface area contributed by atoms with E-state index in [1.54, 1.807) is 18.2 Å². The number of likely N-dealkylation sites (N-methyl/N-ethyl adjacent to an activating group) is 1. The predicted octanol–water partition coefficient (Wildman–Crippen LogP) is 6.62. The van der Waals surface area contributed by atoms with Crippen LogP contribution in [0, 0.1) is 5.92 Å². The minimum atomic E-state index is -0.794. The number of allylic oxidation sites excluding steroid dienone is 3. The zero-order valence-electron chi connectivity index (χ0n) is 21.5.